The van der Waals surface area contributed by atoms with Gasteiger partial charge < -0.3 is 5.11 Å². The maximum absolute atomic E-state index is 10.3. The van der Waals surface area contributed by atoms with E-state index in [0.717, 1.165) is 12.2 Å². The molecule has 1 fully saturated rings. The summed E-state index contributed by atoms with van der Waals surface area (Å²) in [6, 6.07) is 0. The Balaban J connectivity index is 2.10. The van der Waals surface area contributed by atoms with Crippen molar-refractivity contribution in [2.45, 2.75) is 30.6 Å². The largest absolute Gasteiger partial charge is 0.388 e. The molecule has 0 aliphatic carbocycles. The first-order valence-corrected chi connectivity index (χ1v) is 5.72. The van der Waals surface area contributed by atoms with Crippen LogP contribution in [0.3, 0.4) is 0 Å². The molecule has 5 nitrogen and oxygen atoms in total. The first-order chi connectivity index (χ1) is 6.60. The van der Waals surface area contributed by atoms with Gasteiger partial charge in [0.15, 0.2) is 5.82 Å². The molecule has 0 radical (unpaired) electrons. The van der Waals surface area contributed by atoms with Crippen molar-refractivity contribution in [1.29, 1.82) is 0 Å². The standard InChI is InChI=1S/C8H14N4OS/c1-6-8(13,3-4-14-6)5-7-9-11-12(2)10-7/h6,13H,3-5H2,1-2H3. The van der Waals surface area contributed by atoms with Crippen LogP contribution in [0, 0.1) is 0 Å². The van der Waals surface area contributed by atoms with Crippen LogP contribution in [0.15, 0.2) is 0 Å². The van der Waals surface area contributed by atoms with Crippen molar-refractivity contribution in [3.8, 4) is 0 Å². The molecule has 2 rings (SSSR count). The third-order valence-corrected chi connectivity index (χ3v) is 4.05. The number of thioether (sulfide) groups is 1. The summed E-state index contributed by atoms with van der Waals surface area (Å²) in [4.78, 5) is 1.42. The van der Waals surface area contributed by atoms with E-state index in [1.54, 1.807) is 18.8 Å². The van der Waals surface area contributed by atoms with E-state index in [1.807, 2.05) is 6.92 Å². The van der Waals surface area contributed by atoms with Gasteiger partial charge in [0.25, 0.3) is 0 Å². The molecule has 0 aromatic carbocycles. The molecule has 1 aliphatic rings. The van der Waals surface area contributed by atoms with Crippen molar-refractivity contribution < 1.29 is 5.11 Å². The molecule has 0 bridgehead atoms. The van der Waals surface area contributed by atoms with Crippen LogP contribution in [0.5, 0.6) is 0 Å². The van der Waals surface area contributed by atoms with Crippen LogP contribution >= 0.6 is 11.8 Å². The summed E-state index contributed by atoms with van der Waals surface area (Å²) in [5.41, 5.74) is -0.645. The van der Waals surface area contributed by atoms with Gasteiger partial charge in [0.2, 0.25) is 0 Å². The molecule has 0 saturated carbocycles. The van der Waals surface area contributed by atoms with Gasteiger partial charge in [-0.2, -0.15) is 16.6 Å². The average molecular weight is 214 g/mol. The molecular weight excluding hydrogens is 200 g/mol. The van der Waals surface area contributed by atoms with Crippen molar-refractivity contribution >= 4 is 11.8 Å². The van der Waals surface area contributed by atoms with E-state index in [4.69, 9.17) is 0 Å². The van der Waals surface area contributed by atoms with Gasteiger partial charge in [-0.15, -0.1) is 10.2 Å². The summed E-state index contributed by atoms with van der Waals surface area (Å²) < 4.78 is 0. The number of rotatable bonds is 2. The highest BCUT2D eigenvalue weighted by molar-refractivity contribution is 8.00. The average Bonchev–Trinajstić information content (AvgIpc) is 2.62. The maximum Gasteiger partial charge on any atom is 0.177 e. The van der Waals surface area contributed by atoms with Crippen LogP contribution in [0.4, 0.5) is 0 Å². The van der Waals surface area contributed by atoms with Crippen LogP contribution < -0.4 is 0 Å². The van der Waals surface area contributed by atoms with Crippen LogP contribution in [0.2, 0.25) is 0 Å². The molecular formula is C8H14N4OS. The van der Waals surface area contributed by atoms with E-state index in [1.165, 1.54) is 4.80 Å². The fourth-order valence-electron chi connectivity index (χ4n) is 1.67. The Morgan fingerprint density at radius 2 is 2.50 bits per heavy atom. The molecule has 1 aromatic rings. The van der Waals surface area contributed by atoms with Gasteiger partial charge >= 0.3 is 0 Å². The second-order valence-corrected chi connectivity index (χ2v) is 5.19. The monoisotopic (exact) mass is 214 g/mol. The molecule has 1 saturated heterocycles. The van der Waals surface area contributed by atoms with Crippen molar-refractivity contribution in [2.75, 3.05) is 5.75 Å². The lowest BCUT2D eigenvalue weighted by Gasteiger charge is -2.24. The summed E-state index contributed by atoms with van der Waals surface area (Å²) in [5, 5.41) is 22.3. The zero-order valence-corrected chi connectivity index (χ0v) is 9.16. The molecule has 2 heterocycles. The fraction of sp³-hybridized carbons (Fsp3) is 0.875. The van der Waals surface area contributed by atoms with Gasteiger partial charge in [0.1, 0.15) is 0 Å². The van der Waals surface area contributed by atoms with Crippen LogP contribution in [-0.2, 0) is 13.5 Å². The van der Waals surface area contributed by atoms with Gasteiger partial charge in [-0.05, 0) is 17.4 Å². The predicted molar refractivity (Wildman–Crippen MR) is 54.0 cm³/mol. The van der Waals surface area contributed by atoms with Crippen LogP contribution in [0.25, 0.3) is 0 Å². The lowest BCUT2D eigenvalue weighted by molar-refractivity contribution is 0.0444. The normalized spacial score (nSPS) is 32.4. The number of hydrogen-bond donors (Lipinski definition) is 1. The number of aryl methyl sites for hydroxylation is 1. The Labute approximate surface area is 86.9 Å². The van der Waals surface area contributed by atoms with Gasteiger partial charge in [0, 0.05) is 11.7 Å². The Morgan fingerprint density at radius 3 is 3.00 bits per heavy atom. The fourth-order valence-corrected chi connectivity index (χ4v) is 3.01. The van der Waals surface area contributed by atoms with E-state index in [-0.39, 0.29) is 5.25 Å². The zero-order chi connectivity index (χ0) is 10.2. The highest BCUT2D eigenvalue weighted by atomic mass is 32.2. The zero-order valence-electron chi connectivity index (χ0n) is 8.34. The summed E-state index contributed by atoms with van der Waals surface area (Å²) in [5.74, 6) is 1.64. The third kappa shape index (κ3) is 1.76. The Kier molecular flexibility index (Phi) is 2.48. The van der Waals surface area contributed by atoms with E-state index in [2.05, 4.69) is 15.4 Å². The first-order valence-electron chi connectivity index (χ1n) is 4.67. The second-order valence-electron chi connectivity index (χ2n) is 3.74. The van der Waals surface area contributed by atoms with Crippen molar-refractivity contribution in [1.82, 2.24) is 20.2 Å². The van der Waals surface area contributed by atoms with Gasteiger partial charge in [-0.3, -0.25) is 0 Å². The number of aliphatic hydroxyl groups is 1. The molecule has 1 N–H and O–H groups in total. The van der Waals surface area contributed by atoms with Crippen LogP contribution in [-0.4, -0.2) is 41.9 Å². The summed E-state index contributed by atoms with van der Waals surface area (Å²) in [6.07, 6.45) is 1.33. The minimum atomic E-state index is -0.645. The first kappa shape index (κ1) is 9.92. The minimum Gasteiger partial charge on any atom is -0.388 e. The molecule has 14 heavy (non-hydrogen) atoms. The lowest BCUT2D eigenvalue weighted by Crippen LogP contribution is -2.37. The molecule has 0 spiro atoms. The Hall–Kier alpha value is -0.620. The van der Waals surface area contributed by atoms with Crippen molar-refractivity contribution in [2.24, 2.45) is 7.05 Å². The minimum absolute atomic E-state index is 0.256. The molecule has 6 heteroatoms. The molecule has 2 atom stereocenters. The Bertz CT molecular complexity index is 329. The van der Waals surface area contributed by atoms with Crippen molar-refractivity contribution in [3.63, 3.8) is 0 Å². The summed E-state index contributed by atoms with van der Waals surface area (Å²) in [6.45, 7) is 2.05. The molecule has 78 valence electrons. The van der Waals surface area contributed by atoms with Crippen molar-refractivity contribution in [3.05, 3.63) is 5.82 Å². The van der Waals surface area contributed by atoms with E-state index in [9.17, 15) is 5.11 Å². The van der Waals surface area contributed by atoms with Gasteiger partial charge in [-0.25, -0.2) is 0 Å². The van der Waals surface area contributed by atoms with Gasteiger partial charge in [0.05, 0.1) is 12.6 Å². The molecule has 1 aliphatic heterocycles. The highest BCUT2D eigenvalue weighted by Gasteiger charge is 2.40. The predicted octanol–water partition coefficient (Wildman–Crippen LogP) is 0.00910. The van der Waals surface area contributed by atoms with Gasteiger partial charge in [-0.1, -0.05) is 6.92 Å². The quantitative estimate of drug-likeness (QED) is 0.751. The van der Waals surface area contributed by atoms with E-state index >= 15 is 0 Å². The Morgan fingerprint density at radius 1 is 1.71 bits per heavy atom. The SMILES string of the molecule is CC1SCCC1(O)Cc1nnn(C)n1. The third-order valence-electron chi connectivity index (χ3n) is 2.67. The number of nitrogens with zero attached hydrogens (tertiary/aromatic N) is 4. The van der Waals surface area contributed by atoms with Crippen LogP contribution in [0.1, 0.15) is 19.2 Å². The lowest BCUT2D eigenvalue weighted by atomic mass is 9.93. The molecule has 1 aromatic heterocycles. The molecule has 2 unspecified atom stereocenters. The van der Waals surface area contributed by atoms with E-state index in [0.29, 0.717) is 12.2 Å². The summed E-state index contributed by atoms with van der Waals surface area (Å²) >= 11 is 1.80. The molecule has 0 amide bonds. The smallest absolute Gasteiger partial charge is 0.177 e. The highest BCUT2D eigenvalue weighted by Crippen LogP contribution is 2.37. The maximum atomic E-state index is 10.3. The van der Waals surface area contributed by atoms with E-state index < -0.39 is 5.60 Å². The second kappa shape index (κ2) is 3.51. The topological polar surface area (TPSA) is 63.8 Å². The summed E-state index contributed by atoms with van der Waals surface area (Å²) in [7, 11) is 1.73. The number of aromatic nitrogens is 4. The number of hydrogen-bond acceptors (Lipinski definition) is 5. The number of tetrazole rings is 1.